The Labute approximate surface area is 198 Å². The van der Waals surface area contributed by atoms with Crippen molar-refractivity contribution in [2.45, 2.75) is 63.6 Å². The monoisotopic (exact) mass is 459 g/mol. The van der Waals surface area contributed by atoms with E-state index in [1.54, 1.807) is 0 Å². The molecular formula is C25H41N5O3. The van der Waals surface area contributed by atoms with Crippen LogP contribution in [0.3, 0.4) is 0 Å². The first kappa shape index (κ1) is 24.4. The molecule has 1 atom stereocenters. The largest absolute Gasteiger partial charge is 0.447 e. The lowest BCUT2D eigenvalue weighted by Gasteiger charge is -2.40. The van der Waals surface area contributed by atoms with E-state index in [0.29, 0.717) is 30.7 Å². The van der Waals surface area contributed by atoms with Crippen molar-refractivity contribution >= 4 is 5.91 Å². The number of hydrogen-bond donors (Lipinski definition) is 1. The maximum atomic E-state index is 12.9. The summed E-state index contributed by atoms with van der Waals surface area (Å²) in [6.07, 6.45) is 11.4. The number of carbonyl (C=O) groups is 1. The Bertz CT molecular complexity index is 747. The first-order valence-electron chi connectivity index (χ1n) is 12.8. The summed E-state index contributed by atoms with van der Waals surface area (Å²) in [4.78, 5) is 26.6. The molecule has 1 aliphatic carbocycles. The van der Waals surface area contributed by atoms with Gasteiger partial charge < -0.3 is 14.4 Å². The van der Waals surface area contributed by atoms with Crippen molar-refractivity contribution in [1.82, 2.24) is 24.6 Å². The van der Waals surface area contributed by atoms with Gasteiger partial charge in [0.05, 0.1) is 12.6 Å². The van der Waals surface area contributed by atoms with Gasteiger partial charge in [-0.2, -0.15) is 0 Å². The molecule has 1 saturated carbocycles. The quantitative estimate of drug-likeness (QED) is 0.568. The highest BCUT2D eigenvalue weighted by Gasteiger charge is 2.29. The van der Waals surface area contributed by atoms with Crippen molar-refractivity contribution in [2.24, 2.45) is 0 Å². The van der Waals surface area contributed by atoms with Crippen LogP contribution in [0.4, 0.5) is 0 Å². The molecule has 8 nitrogen and oxygen atoms in total. The van der Waals surface area contributed by atoms with Gasteiger partial charge in [-0.1, -0.05) is 25.3 Å². The second kappa shape index (κ2) is 12.1. The van der Waals surface area contributed by atoms with Crippen molar-refractivity contribution in [1.29, 1.82) is 0 Å². The number of rotatable bonds is 9. The molecule has 1 aromatic rings. The number of amides is 1. The number of aromatic nitrogens is 1. The fourth-order valence-corrected chi connectivity index (χ4v) is 5.40. The second-order valence-corrected chi connectivity index (χ2v) is 9.84. The summed E-state index contributed by atoms with van der Waals surface area (Å²) in [5.41, 5.74) is 0.431. The molecule has 8 heteroatoms. The van der Waals surface area contributed by atoms with Gasteiger partial charge in [0.2, 0.25) is 5.89 Å². The first-order valence-corrected chi connectivity index (χ1v) is 12.8. The van der Waals surface area contributed by atoms with Crippen LogP contribution in [0.25, 0.3) is 0 Å². The number of oxazole rings is 1. The van der Waals surface area contributed by atoms with Crippen LogP contribution < -0.4 is 0 Å². The SMILES string of the molecule is C=CCCC(O)CN1CCN(Cc2nc(C(=O)N3CCN(C4CCCCC4)CC3)co2)CC1. The molecule has 4 rings (SSSR count). The van der Waals surface area contributed by atoms with Gasteiger partial charge in [0.1, 0.15) is 6.26 Å². The lowest BCUT2D eigenvalue weighted by atomic mass is 9.94. The Morgan fingerprint density at radius 2 is 1.79 bits per heavy atom. The molecule has 1 amide bonds. The molecule has 3 heterocycles. The predicted molar refractivity (Wildman–Crippen MR) is 128 cm³/mol. The van der Waals surface area contributed by atoms with E-state index in [1.807, 2.05) is 11.0 Å². The van der Waals surface area contributed by atoms with Crippen LogP contribution in [0.5, 0.6) is 0 Å². The van der Waals surface area contributed by atoms with Crippen LogP contribution in [-0.2, 0) is 6.54 Å². The van der Waals surface area contributed by atoms with E-state index in [4.69, 9.17) is 4.42 Å². The summed E-state index contributed by atoms with van der Waals surface area (Å²) < 4.78 is 5.66. The Morgan fingerprint density at radius 1 is 1.09 bits per heavy atom. The molecule has 2 saturated heterocycles. The molecule has 0 radical (unpaired) electrons. The summed E-state index contributed by atoms with van der Waals surface area (Å²) in [5.74, 6) is 0.602. The fraction of sp³-hybridized carbons (Fsp3) is 0.760. The van der Waals surface area contributed by atoms with Crippen molar-refractivity contribution in [3.05, 3.63) is 30.5 Å². The topological polar surface area (TPSA) is 76.3 Å². The van der Waals surface area contributed by atoms with E-state index in [2.05, 4.69) is 26.3 Å². The van der Waals surface area contributed by atoms with Gasteiger partial charge in [-0.15, -0.1) is 6.58 Å². The molecule has 1 unspecified atom stereocenters. The summed E-state index contributed by atoms with van der Waals surface area (Å²) in [6.45, 7) is 12.2. The third-order valence-electron chi connectivity index (χ3n) is 7.46. The zero-order valence-electron chi connectivity index (χ0n) is 20.0. The van der Waals surface area contributed by atoms with Crippen molar-refractivity contribution in [3.63, 3.8) is 0 Å². The maximum absolute atomic E-state index is 12.9. The Kier molecular flexibility index (Phi) is 8.95. The summed E-state index contributed by atoms with van der Waals surface area (Å²) >= 11 is 0. The average Bonchev–Trinajstić information content (AvgIpc) is 3.32. The molecule has 0 bridgehead atoms. The Hall–Kier alpha value is -1.74. The molecule has 3 aliphatic rings. The van der Waals surface area contributed by atoms with Crippen LogP contribution >= 0.6 is 0 Å². The molecule has 3 fully saturated rings. The number of hydrogen-bond acceptors (Lipinski definition) is 7. The smallest absolute Gasteiger partial charge is 0.275 e. The Balaban J connectivity index is 1.19. The maximum Gasteiger partial charge on any atom is 0.275 e. The van der Waals surface area contributed by atoms with Gasteiger partial charge in [-0.05, 0) is 25.7 Å². The number of carbonyl (C=O) groups excluding carboxylic acids is 1. The second-order valence-electron chi connectivity index (χ2n) is 9.84. The zero-order valence-corrected chi connectivity index (χ0v) is 20.0. The molecule has 2 aliphatic heterocycles. The summed E-state index contributed by atoms with van der Waals surface area (Å²) in [6, 6.07) is 0.713. The van der Waals surface area contributed by atoms with Gasteiger partial charge in [0.15, 0.2) is 5.69 Å². The van der Waals surface area contributed by atoms with Crippen molar-refractivity contribution in [3.8, 4) is 0 Å². The third kappa shape index (κ3) is 6.88. The number of aliphatic hydroxyl groups is 1. The molecule has 0 spiro atoms. The number of aliphatic hydroxyl groups excluding tert-OH is 1. The third-order valence-corrected chi connectivity index (χ3v) is 7.46. The molecule has 1 aromatic heterocycles. The van der Waals surface area contributed by atoms with Gasteiger partial charge in [-0.25, -0.2) is 4.98 Å². The number of allylic oxidation sites excluding steroid dienone is 1. The van der Waals surface area contributed by atoms with E-state index in [9.17, 15) is 9.90 Å². The van der Waals surface area contributed by atoms with E-state index in [-0.39, 0.29) is 12.0 Å². The first-order chi connectivity index (χ1) is 16.1. The average molecular weight is 460 g/mol. The van der Waals surface area contributed by atoms with Gasteiger partial charge in [0.25, 0.3) is 5.91 Å². The van der Waals surface area contributed by atoms with Gasteiger partial charge in [-0.3, -0.25) is 19.5 Å². The molecule has 184 valence electrons. The standard InChI is InChI=1S/C25H41N5O3/c1-2-3-9-22(31)18-27-10-12-28(13-11-27)19-24-26-23(20-33-24)25(32)30-16-14-29(15-17-30)21-7-5-4-6-8-21/h2,20-22,31H,1,3-19H2. The van der Waals surface area contributed by atoms with Crippen molar-refractivity contribution in [2.75, 3.05) is 58.9 Å². The minimum absolute atomic E-state index is 0.00775. The highest BCUT2D eigenvalue weighted by Crippen LogP contribution is 2.24. The van der Waals surface area contributed by atoms with Crippen LogP contribution in [0, 0.1) is 0 Å². The van der Waals surface area contributed by atoms with Crippen LogP contribution in [0.1, 0.15) is 61.3 Å². The van der Waals surface area contributed by atoms with Gasteiger partial charge in [0, 0.05) is 64.9 Å². The van der Waals surface area contributed by atoms with E-state index >= 15 is 0 Å². The molecular weight excluding hydrogens is 418 g/mol. The lowest BCUT2D eigenvalue weighted by Crippen LogP contribution is -2.52. The number of β-amino-alcohol motifs (C(OH)–C–C–N with tert-alkyl or cyclic N) is 1. The van der Waals surface area contributed by atoms with Crippen LogP contribution in [-0.4, -0.2) is 107 Å². The van der Waals surface area contributed by atoms with Crippen molar-refractivity contribution < 1.29 is 14.3 Å². The summed E-state index contributed by atoms with van der Waals surface area (Å²) in [7, 11) is 0. The number of piperazine rings is 2. The lowest BCUT2D eigenvalue weighted by molar-refractivity contribution is 0.0518. The molecule has 33 heavy (non-hydrogen) atoms. The normalized spacial score (nSPS) is 23.0. The fourth-order valence-electron chi connectivity index (χ4n) is 5.40. The predicted octanol–water partition coefficient (Wildman–Crippen LogP) is 2.21. The van der Waals surface area contributed by atoms with Crippen LogP contribution in [0.15, 0.2) is 23.3 Å². The Morgan fingerprint density at radius 3 is 2.48 bits per heavy atom. The van der Waals surface area contributed by atoms with E-state index in [1.165, 1.54) is 38.4 Å². The van der Waals surface area contributed by atoms with Gasteiger partial charge >= 0.3 is 0 Å². The zero-order chi connectivity index (χ0) is 23.0. The highest BCUT2D eigenvalue weighted by molar-refractivity contribution is 5.92. The van der Waals surface area contributed by atoms with Crippen LogP contribution in [0.2, 0.25) is 0 Å². The highest BCUT2D eigenvalue weighted by atomic mass is 16.3. The molecule has 0 aromatic carbocycles. The molecule has 1 N–H and O–H groups in total. The van der Waals surface area contributed by atoms with E-state index in [0.717, 1.165) is 65.2 Å². The summed E-state index contributed by atoms with van der Waals surface area (Å²) in [5, 5.41) is 10.1. The minimum Gasteiger partial charge on any atom is -0.447 e. The number of nitrogens with zero attached hydrogens (tertiary/aromatic N) is 5. The minimum atomic E-state index is -0.292. The van der Waals surface area contributed by atoms with E-state index < -0.39 is 0 Å².